The number of ether oxygens (including phenoxy) is 1. The molecular weight excluding hydrogens is 248 g/mol. The summed E-state index contributed by atoms with van der Waals surface area (Å²) in [5.74, 6) is 0.995. The van der Waals surface area contributed by atoms with E-state index < -0.39 is 0 Å². The van der Waals surface area contributed by atoms with E-state index >= 15 is 0 Å². The topological polar surface area (TPSA) is 65.2 Å². The van der Waals surface area contributed by atoms with E-state index in [-0.39, 0.29) is 5.97 Å². The van der Waals surface area contributed by atoms with Crippen LogP contribution in [0, 0.1) is 5.92 Å². The molecule has 0 amide bonds. The number of aromatic nitrogens is 1. The van der Waals surface area contributed by atoms with Gasteiger partial charge in [-0.25, -0.2) is 0 Å². The molecule has 0 saturated carbocycles. The fraction of sp³-hybridized carbons (Fsp3) is 0.538. The van der Waals surface area contributed by atoms with Gasteiger partial charge < -0.3 is 10.5 Å². The van der Waals surface area contributed by atoms with E-state index in [4.69, 9.17) is 5.73 Å². The van der Waals surface area contributed by atoms with Crippen molar-refractivity contribution in [1.82, 2.24) is 4.98 Å². The van der Waals surface area contributed by atoms with Crippen LogP contribution in [0.1, 0.15) is 26.0 Å². The Labute approximate surface area is 112 Å². The molecule has 0 spiro atoms. The third kappa shape index (κ3) is 4.56. The van der Waals surface area contributed by atoms with E-state index in [1.807, 2.05) is 6.07 Å². The van der Waals surface area contributed by atoms with Gasteiger partial charge in [0.2, 0.25) is 0 Å². The molecule has 1 aromatic rings. The van der Waals surface area contributed by atoms with Gasteiger partial charge in [-0.3, -0.25) is 9.78 Å². The van der Waals surface area contributed by atoms with Crippen LogP contribution in [0.15, 0.2) is 17.2 Å². The quantitative estimate of drug-likeness (QED) is 0.634. The highest BCUT2D eigenvalue weighted by Gasteiger charge is 2.09. The molecular formula is C13H20N2O2S. The first-order chi connectivity index (χ1) is 8.54. The molecule has 1 heterocycles. The van der Waals surface area contributed by atoms with Crippen molar-refractivity contribution < 1.29 is 9.53 Å². The monoisotopic (exact) mass is 268 g/mol. The highest BCUT2D eigenvalue weighted by molar-refractivity contribution is 7.99. The highest BCUT2D eigenvalue weighted by Crippen LogP contribution is 2.28. The molecule has 0 unspecified atom stereocenters. The molecule has 0 bridgehead atoms. The van der Waals surface area contributed by atoms with Crippen LogP contribution in [-0.2, 0) is 16.0 Å². The van der Waals surface area contributed by atoms with Crippen molar-refractivity contribution in [3.05, 3.63) is 18.0 Å². The summed E-state index contributed by atoms with van der Waals surface area (Å²) in [6.07, 6.45) is 3.04. The first kappa shape index (κ1) is 14.8. The molecule has 5 heteroatoms. The third-order valence-corrected chi connectivity index (χ3v) is 3.50. The maximum Gasteiger partial charge on any atom is 0.306 e. The summed E-state index contributed by atoms with van der Waals surface area (Å²) in [5, 5.41) is 0. The van der Waals surface area contributed by atoms with Crippen molar-refractivity contribution >= 4 is 23.4 Å². The summed E-state index contributed by atoms with van der Waals surface area (Å²) < 4.78 is 4.60. The smallest absolute Gasteiger partial charge is 0.306 e. The number of carbonyl (C=O) groups is 1. The van der Waals surface area contributed by atoms with E-state index in [9.17, 15) is 4.79 Å². The number of nitrogen functional groups attached to an aromatic ring is 1. The van der Waals surface area contributed by atoms with Crippen molar-refractivity contribution in [3.8, 4) is 0 Å². The second kappa shape index (κ2) is 7.26. The number of methoxy groups -OCH3 is 1. The Morgan fingerprint density at radius 3 is 2.89 bits per heavy atom. The van der Waals surface area contributed by atoms with Gasteiger partial charge in [-0.1, -0.05) is 13.8 Å². The number of anilines is 1. The summed E-state index contributed by atoms with van der Waals surface area (Å²) in [4.78, 5) is 16.3. The summed E-state index contributed by atoms with van der Waals surface area (Å²) >= 11 is 1.57. The van der Waals surface area contributed by atoms with Crippen LogP contribution in [0.25, 0.3) is 0 Å². The molecule has 0 aliphatic heterocycles. The van der Waals surface area contributed by atoms with E-state index in [2.05, 4.69) is 23.6 Å². The number of nitrogens with two attached hydrogens (primary N) is 1. The van der Waals surface area contributed by atoms with Crippen LogP contribution >= 0.6 is 11.8 Å². The van der Waals surface area contributed by atoms with Gasteiger partial charge >= 0.3 is 5.97 Å². The Hall–Kier alpha value is -1.23. The molecule has 100 valence electrons. The van der Waals surface area contributed by atoms with Gasteiger partial charge in [0.1, 0.15) is 0 Å². The molecule has 0 aliphatic rings. The van der Waals surface area contributed by atoms with Crippen LogP contribution < -0.4 is 5.73 Å². The molecule has 18 heavy (non-hydrogen) atoms. The minimum Gasteiger partial charge on any atom is -0.469 e. The molecule has 0 aliphatic carbocycles. The van der Waals surface area contributed by atoms with Crippen molar-refractivity contribution in [2.24, 2.45) is 5.92 Å². The fourth-order valence-corrected chi connectivity index (χ4v) is 2.44. The van der Waals surface area contributed by atoms with Crippen LogP contribution in [0.5, 0.6) is 0 Å². The van der Waals surface area contributed by atoms with Gasteiger partial charge in [0, 0.05) is 16.8 Å². The predicted octanol–water partition coefficient (Wildman–Crippen LogP) is 2.52. The van der Waals surface area contributed by atoms with Gasteiger partial charge in [0.15, 0.2) is 0 Å². The van der Waals surface area contributed by atoms with E-state index in [0.29, 0.717) is 18.1 Å². The van der Waals surface area contributed by atoms with Gasteiger partial charge in [-0.05, 0) is 18.4 Å². The average Bonchev–Trinajstić information content (AvgIpc) is 2.33. The SMILES string of the molecule is COC(=O)CCSc1ccnc(CC(C)C)c1N. The maximum absolute atomic E-state index is 11.0. The van der Waals surface area contributed by atoms with E-state index in [1.165, 1.54) is 7.11 Å². The number of hydrogen-bond donors (Lipinski definition) is 1. The normalized spacial score (nSPS) is 10.7. The van der Waals surface area contributed by atoms with Gasteiger partial charge in [-0.15, -0.1) is 11.8 Å². The fourth-order valence-electron chi connectivity index (χ4n) is 1.52. The Bertz CT molecular complexity index is 408. The largest absolute Gasteiger partial charge is 0.469 e. The van der Waals surface area contributed by atoms with Crippen LogP contribution in [-0.4, -0.2) is 23.8 Å². The minimum atomic E-state index is -0.197. The second-order valence-corrected chi connectivity index (χ2v) is 5.58. The molecule has 1 rings (SSSR count). The zero-order chi connectivity index (χ0) is 13.5. The molecule has 4 nitrogen and oxygen atoms in total. The number of nitrogens with zero attached hydrogens (tertiary/aromatic N) is 1. The lowest BCUT2D eigenvalue weighted by Gasteiger charge is -2.11. The lowest BCUT2D eigenvalue weighted by molar-refractivity contribution is -0.140. The zero-order valence-electron chi connectivity index (χ0n) is 11.1. The predicted molar refractivity (Wildman–Crippen MR) is 74.5 cm³/mol. The lowest BCUT2D eigenvalue weighted by atomic mass is 10.1. The summed E-state index contributed by atoms with van der Waals surface area (Å²) in [6, 6.07) is 1.89. The molecule has 0 aromatic carbocycles. The van der Waals surface area contributed by atoms with Crippen molar-refractivity contribution in [1.29, 1.82) is 0 Å². The molecule has 0 radical (unpaired) electrons. The molecule has 2 N–H and O–H groups in total. The Morgan fingerprint density at radius 2 is 2.28 bits per heavy atom. The minimum absolute atomic E-state index is 0.197. The van der Waals surface area contributed by atoms with Crippen LogP contribution in [0.3, 0.4) is 0 Å². The molecule has 0 atom stereocenters. The average molecular weight is 268 g/mol. The van der Waals surface area contributed by atoms with Gasteiger partial charge in [0.25, 0.3) is 0 Å². The number of hydrogen-bond acceptors (Lipinski definition) is 5. The van der Waals surface area contributed by atoms with Gasteiger partial charge in [-0.2, -0.15) is 0 Å². The summed E-state index contributed by atoms with van der Waals surface area (Å²) in [6.45, 7) is 4.27. The number of rotatable bonds is 6. The zero-order valence-corrected chi connectivity index (χ0v) is 11.9. The Balaban J connectivity index is 2.63. The van der Waals surface area contributed by atoms with E-state index in [0.717, 1.165) is 22.7 Å². The standard InChI is InChI=1S/C13H20N2O2S/c1-9(2)8-10-13(14)11(4-6-15-10)18-7-5-12(16)17-3/h4,6,9H,5,7-8,14H2,1-3H3. The summed E-state index contributed by atoms with van der Waals surface area (Å²) in [7, 11) is 1.40. The molecule has 1 aromatic heterocycles. The van der Waals surface area contributed by atoms with Crippen LogP contribution in [0.2, 0.25) is 0 Å². The molecule has 0 fully saturated rings. The third-order valence-electron chi connectivity index (χ3n) is 2.43. The van der Waals surface area contributed by atoms with E-state index in [1.54, 1.807) is 18.0 Å². The van der Waals surface area contributed by atoms with Crippen molar-refractivity contribution in [2.75, 3.05) is 18.6 Å². The van der Waals surface area contributed by atoms with Crippen LogP contribution in [0.4, 0.5) is 5.69 Å². The highest BCUT2D eigenvalue weighted by atomic mass is 32.2. The molecule has 0 saturated heterocycles. The second-order valence-electron chi connectivity index (χ2n) is 4.44. The first-order valence-corrected chi connectivity index (χ1v) is 6.96. The first-order valence-electron chi connectivity index (χ1n) is 5.97. The van der Waals surface area contributed by atoms with Gasteiger partial charge in [0.05, 0.1) is 24.9 Å². The summed E-state index contributed by atoms with van der Waals surface area (Å²) in [5.41, 5.74) is 7.76. The van der Waals surface area contributed by atoms with Crippen molar-refractivity contribution in [2.45, 2.75) is 31.6 Å². The number of carbonyl (C=O) groups excluding carboxylic acids is 1. The van der Waals surface area contributed by atoms with Crippen molar-refractivity contribution in [3.63, 3.8) is 0 Å². The number of pyridine rings is 1. The number of esters is 1. The Kier molecular flexibility index (Phi) is 5.98. The Morgan fingerprint density at radius 1 is 1.56 bits per heavy atom. The maximum atomic E-state index is 11.0. The number of thioether (sulfide) groups is 1. The lowest BCUT2D eigenvalue weighted by Crippen LogP contribution is -2.04.